The highest BCUT2D eigenvalue weighted by Crippen LogP contribution is 2.48. The molecule has 22 heavy (non-hydrogen) atoms. The van der Waals surface area contributed by atoms with Crippen LogP contribution in [-0.2, 0) is 0 Å². The highest BCUT2D eigenvalue weighted by Gasteiger charge is 2.20. The van der Waals surface area contributed by atoms with E-state index < -0.39 is 0 Å². The second-order valence-electron chi connectivity index (χ2n) is 5.32. The molecule has 0 nitrogen and oxygen atoms in total. The van der Waals surface area contributed by atoms with Crippen molar-refractivity contribution in [1.82, 2.24) is 0 Å². The molecule has 3 aromatic rings. The fourth-order valence-corrected chi connectivity index (χ4v) is 5.62. The molecule has 0 aliphatic carbocycles. The third kappa shape index (κ3) is 2.81. The molecule has 1 heterocycles. The summed E-state index contributed by atoms with van der Waals surface area (Å²) in [5.74, 6) is 0. The van der Waals surface area contributed by atoms with Crippen LogP contribution in [0.3, 0.4) is 0 Å². The minimum Gasteiger partial charge on any atom is -0.110 e. The molecular formula is C20H16S2. The third-order valence-electron chi connectivity index (χ3n) is 3.78. The van der Waals surface area contributed by atoms with Crippen LogP contribution in [0.5, 0.6) is 0 Å². The summed E-state index contributed by atoms with van der Waals surface area (Å²) in [5.41, 5.74) is 1.27. The van der Waals surface area contributed by atoms with Gasteiger partial charge in [0.1, 0.15) is 0 Å². The van der Waals surface area contributed by atoms with Crippen molar-refractivity contribution >= 4 is 40.4 Å². The first-order chi connectivity index (χ1) is 10.9. The van der Waals surface area contributed by atoms with Crippen molar-refractivity contribution in [3.63, 3.8) is 0 Å². The first kappa shape index (κ1) is 14.0. The summed E-state index contributed by atoms with van der Waals surface area (Å²) >= 11 is 3.99. The molecule has 0 spiro atoms. The molecule has 0 bridgehead atoms. The first-order valence-corrected chi connectivity index (χ1v) is 9.23. The standard InChI is InChI=1S/C20H16S2/c1-2-7-15(8-3-1)9-4-14-19-21-17-12-5-10-16-11-6-13-18(22-19)20(16)17/h1-13,19H,14H2. The predicted molar refractivity (Wildman–Crippen MR) is 99.5 cm³/mol. The topological polar surface area (TPSA) is 0 Å². The Hall–Kier alpha value is -1.64. The summed E-state index contributed by atoms with van der Waals surface area (Å²) in [6.45, 7) is 0. The van der Waals surface area contributed by atoms with E-state index in [-0.39, 0.29) is 0 Å². The van der Waals surface area contributed by atoms with Crippen molar-refractivity contribution < 1.29 is 0 Å². The molecule has 0 atom stereocenters. The van der Waals surface area contributed by atoms with E-state index in [1.54, 1.807) is 0 Å². The average molecular weight is 320 g/mol. The van der Waals surface area contributed by atoms with Gasteiger partial charge in [-0.15, -0.1) is 23.5 Å². The van der Waals surface area contributed by atoms with Crippen LogP contribution in [0.15, 0.2) is 82.6 Å². The lowest BCUT2D eigenvalue weighted by atomic mass is 10.1. The van der Waals surface area contributed by atoms with Crippen LogP contribution in [0.1, 0.15) is 12.0 Å². The zero-order chi connectivity index (χ0) is 14.8. The largest absolute Gasteiger partial charge is 0.110 e. The van der Waals surface area contributed by atoms with Crippen molar-refractivity contribution in [2.24, 2.45) is 0 Å². The van der Waals surface area contributed by atoms with Gasteiger partial charge in [-0.1, -0.05) is 66.7 Å². The zero-order valence-electron chi connectivity index (χ0n) is 12.1. The molecule has 1 aliphatic rings. The van der Waals surface area contributed by atoms with Crippen LogP contribution in [-0.4, -0.2) is 4.58 Å². The lowest BCUT2D eigenvalue weighted by Gasteiger charge is -2.23. The number of hydrogen-bond donors (Lipinski definition) is 0. The second-order valence-corrected chi connectivity index (χ2v) is 8.11. The molecule has 108 valence electrons. The fraction of sp³-hybridized carbons (Fsp3) is 0.100. The fourth-order valence-electron chi connectivity index (χ4n) is 2.75. The van der Waals surface area contributed by atoms with E-state index in [1.807, 2.05) is 23.5 Å². The number of benzene rings is 3. The van der Waals surface area contributed by atoms with E-state index >= 15 is 0 Å². The van der Waals surface area contributed by atoms with Crippen molar-refractivity contribution in [2.75, 3.05) is 0 Å². The quantitative estimate of drug-likeness (QED) is 0.542. The molecule has 4 rings (SSSR count). The van der Waals surface area contributed by atoms with Gasteiger partial charge < -0.3 is 0 Å². The van der Waals surface area contributed by atoms with Crippen molar-refractivity contribution in [3.05, 3.63) is 78.4 Å². The lowest BCUT2D eigenvalue weighted by molar-refractivity contribution is 1.17. The van der Waals surface area contributed by atoms with Crippen LogP contribution in [0, 0.1) is 0 Å². The molecule has 0 fully saturated rings. The molecule has 0 N–H and O–H groups in total. The highest BCUT2D eigenvalue weighted by molar-refractivity contribution is 8.17. The van der Waals surface area contributed by atoms with Crippen LogP contribution >= 0.6 is 23.5 Å². The van der Waals surface area contributed by atoms with E-state index in [4.69, 9.17) is 0 Å². The SMILES string of the molecule is C(=Cc1ccccc1)CC1Sc2cccc3cccc(c23)S1. The highest BCUT2D eigenvalue weighted by atomic mass is 32.2. The van der Waals surface area contributed by atoms with E-state index in [9.17, 15) is 0 Å². The first-order valence-electron chi connectivity index (χ1n) is 7.47. The second kappa shape index (κ2) is 6.23. The molecule has 0 saturated heterocycles. The molecule has 0 amide bonds. The monoisotopic (exact) mass is 320 g/mol. The van der Waals surface area contributed by atoms with Crippen LogP contribution in [0.4, 0.5) is 0 Å². The Balaban J connectivity index is 1.54. The molecular weight excluding hydrogens is 304 g/mol. The smallest absolute Gasteiger partial charge is 0.0631 e. The Morgan fingerprint density at radius 2 is 1.45 bits per heavy atom. The van der Waals surface area contributed by atoms with Gasteiger partial charge in [0.15, 0.2) is 0 Å². The average Bonchev–Trinajstić information content (AvgIpc) is 2.56. The van der Waals surface area contributed by atoms with Crippen molar-refractivity contribution in [1.29, 1.82) is 0 Å². The summed E-state index contributed by atoms with van der Waals surface area (Å²) < 4.78 is 0.556. The van der Waals surface area contributed by atoms with Gasteiger partial charge in [-0.25, -0.2) is 0 Å². The van der Waals surface area contributed by atoms with Gasteiger partial charge in [0.2, 0.25) is 0 Å². The van der Waals surface area contributed by atoms with Gasteiger partial charge in [-0.3, -0.25) is 0 Å². The van der Waals surface area contributed by atoms with E-state index in [2.05, 4.69) is 78.9 Å². The van der Waals surface area contributed by atoms with Gasteiger partial charge in [0.05, 0.1) is 4.58 Å². The van der Waals surface area contributed by atoms with Crippen LogP contribution in [0.25, 0.3) is 16.8 Å². The van der Waals surface area contributed by atoms with E-state index in [0.29, 0.717) is 4.58 Å². The maximum absolute atomic E-state index is 2.30. The number of allylic oxidation sites excluding steroid dienone is 1. The van der Waals surface area contributed by atoms with Gasteiger partial charge in [0, 0.05) is 15.2 Å². The van der Waals surface area contributed by atoms with Crippen molar-refractivity contribution in [2.45, 2.75) is 20.8 Å². The number of thioether (sulfide) groups is 2. The molecule has 0 saturated carbocycles. The maximum atomic E-state index is 2.30. The summed E-state index contributed by atoms with van der Waals surface area (Å²) in [6, 6.07) is 23.8. The lowest BCUT2D eigenvalue weighted by Crippen LogP contribution is -2.00. The number of rotatable bonds is 3. The van der Waals surface area contributed by atoms with E-state index in [1.165, 1.54) is 26.1 Å². The summed E-state index contributed by atoms with van der Waals surface area (Å²) in [5, 5.41) is 2.79. The maximum Gasteiger partial charge on any atom is 0.0631 e. The molecule has 0 radical (unpaired) electrons. The minimum atomic E-state index is 0.556. The van der Waals surface area contributed by atoms with Crippen LogP contribution < -0.4 is 0 Å². The van der Waals surface area contributed by atoms with Gasteiger partial charge in [0.25, 0.3) is 0 Å². The van der Waals surface area contributed by atoms with E-state index in [0.717, 1.165) is 6.42 Å². The molecule has 3 aromatic carbocycles. The summed E-state index contributed by atoms with van der Waals surface area (Å²) in [7, 11) is 0. The Kier molecular flexibility index (Phi) is 3.96. The number of hydrogen-bond acceptors (Lipinski definition) is 2. The Morgan fingerprint density at radius 3 is 2.14 bits per heavy atom. The summed E-state index contributed by atoms with van der Waals surface area (Å²) in [6.07, 6.45) is 5.60. The summed E-state index contributed by atoms with van der Waals surface area (Å²) in [4.78, 5) is 2.84. The van der Waals surface area contributed by atoms with Gasteiger partial charge in [-0.2, -0.15) is 0 Å². The normalized spacial score (nSPS) is 14.7. The Labute approximate surface area is 139 Å². The van der Waals surface area contributed by atoms with Gasteiger partial charge in [-0.05, 0) is 29.5 Å². The van der Waals surface area contributed by atoms with Crippen molar-refractivity contribution in [3.8, 4) is 0 Å². The molecule has 1 aliphatic heterocycles. The minimum absolute atomic E-state index is 0.556. The molecule has 0 aromatic heterocycles. The predicted octanol–water partition coefficient (Wildman–Crippen LogP) is 6.47. The third-order valence-corrected chi connectivity index (χ3v) is 6.46. The zero-order valence-corrected chi connectivity index (χ0v) is 13.7. The molecule has 2 heteroatoms. The van der Waals surface area contributed by atoms with Crippen LogP contribution in [0.2, 0.25) is 0 Å². The molecule has 0 unspecified atom stereocenters. The Bertz CT molecular complexity index is 781. The Morgan fingerprint density at radius 1 is 0.773 bits per heavy atom. The van der Waals surface area contributed by atoms with Gasteiger partial charge >= 0.3 is 0 Å².